The second-order valence-electron chi connectivity index (χ2n) is 5.73. The molecule has 0 saturated heterocycles. The van der Waals surface area contributed by atoms with Crippen molar-refractivity contribution in [3.63, 3.8) is 0 Å². The van der Waals surface area contributed by atoms with Crippen LogP contribution in [0.25, 0.3) is 0 Å². The molecule has 0 saturated carbocycles. The number of nitrogens with zero attached hydrogens (tertiary/aromatic N) is 1. The molecule has 0 fully saturated rings. The van der Waals surface area contributed by atoms with E-state index in [1.54, 1.807) is 4.90 Å². The zero-order valence-corrected chi connectivity index (χ0v) is 16.5. The van der Waals surface area contributed by atoms with E-state index < -0.39 is 10.0 Å². The lowest BCUT2D eigenvalue weighted by molar-refractivity contribution is -0.130. The van der Waals surface area contributed by atoms with Gasteiger partial charge in [-0.1, -0.05) is 30.3 Å². The summed E-state index contributed by atoms with van der Waals surface area (Å²) in [7, 11) is -1.06. The summed E-state index contributed by atoms with van der Waals surface area (Å²) in [5.74, 6) is 0.310. The van der Waals surface area contributed by atoms with E-state index in [1.165, 1.54) is 32.4 Å². The van der Waals surface area contributed by atoms with E-state index in [2.05, 4.69) is 4.72 Å². The van der Waals surface area contributed by atoms with Gasteiger partial charge in [-0.3, -0.25) is 4.79 Å². The molecule has 2 aromatic rings. The normalized spacial score (nSPS) is 11.1. The quantitative estimate of drug-likeness (QED) is 0.706. The molecule has 146 valence electrons. The smallest absolute Gasteiger partial charge is 0.244 e. The van der Waals surface area contributed by atoms with Gasteiger partial charge in [0.05, 0.1) is 20.8 Å². The molecule has 1 amide bonds. The molecule has 1 N–H and O–H groups in total. The molecule has 0 spiro atoms. The number of sulfonamides is 1. The van der Waals surface area contributed by atoms with Crippen LogP contribution < -0.4 is 14.2 Å². The van der Waals surface area contributed by atoms with Gasteiger partial charge < -0.3 is 14.4 Å². The van der Waals surface area contributed by atoms with E-state index in [0.29, 0.717) is 18.8 Å². The Hall–Kier alpha value is -2.58. The van der Waals surface area contributed by atoms with Crippen molar-refractivity contribution in [2.24, 2.45) is 0 Å². The third kappa shape index (κ3) is 5.45. The van der Waals surface area contributed by atoms with Crippen molar-refractivity contribution in [2.45, 2.75) is 18.4 Å². The molecule has 0 unspecified atom stereocenters. The summed E-state index contributed by atoms with van der Waals surface area (Å²) in [4.78, 5) is 14.0. The number of likely N-dealkylation sites (N-methyl/N-ethyl adjacent to an activating group) is 1. The summed E-state index contributed by atoms with van der Waals surface area (Å²) in [6.07, 6.45) is 0. The Morgan fingerprint density at radius 2 is 1.78 bits per heavy atom. The Morgan fingerprint density at radius 1 is 1.07 bits per heavy atom. The lowest BCUT2D eigenvalue weighted by Crippen LogP contribution is -2.39. The first kappa shape index (κ1) is 20.7. The minimum absolute atomic E-state index is 0.0512. The Morgan fingerprint density at radius 3 is 2.37 bits per heavy atom. The van der Waals surface area contributed by atoms with Crippen LogP contribution in [0, 0.1) is 0 Å². The highest BCUT2D eigenvalue weighted by Crippen LogP contribution is 2.28. The van der Waals surface area contributed by atoms with E-state index in [-0.39, 0.29) is 23.1 Å². The van der Waals surface area contributed by atoms with Crippen LogP contribution in [0.5, 0.6) is 11.5 Å². The van der Waals surface area contributed by atoms with Crippen LogP contribution in [0.4, 0.5) is 0 Å². The molecule has 0 aliphatic heterocycles. The first-order valence-electron chi connectivity index (χ1n) is 8.44. The Balaban J connectivity index is 2.08. The van der Waals surface area contributed by atoms with Crippen LogP contribution in [0.2, 0.25) is 0 Å². The number of nitrogens with one attached hydrogen (secondary N) is 1. The maximum Gasteiger partial charge on any atom is 0.244 e. The highest BCUT2D eigenvalue weighted by molar-refractivity contribution is 7.89. The van der Waals surface area contributed by atoms with Crippen molar-refractivity contribution >= 4 is 15.9 Å². The first-order valence-corrected chi connectivity index (χ1v) is 9.93. The van der Waals surface area contributed by atoms with E-state index in [1.807, 2.05) is 37.3 Å². The van der Waals surface area contributed by atoms with Crippen LogP contribution in [-0.4, -0.2) is 46.5 Å². The highest BCUT2D eigenvalue weighted by Gasteiger charge is 2.22. The standard InChI is InChI=1S/C19H24N2O5S/c1-4-21(14-15-8-6-5-7-9-15)19(22)13-20-27(23,24)18-11-10-16(25-2)12-17(18)26-3/h5-12,20H,4,13-14H2,1-3H3. The van der Waals surface area contributed by atoms with Crippen molar-refractivity contribution in [3.8, 4) is 11.5 Å². The number of rotatable bonds is 9. The second-order valence-corrected chi connectivity index (χ2v) is 7.47. The van der Waals surface area contributed by atoms with Gasteiger partial charge in [-0.15, -0.1) is 0 Å². The number of carbonyl (C=O) groups excluding carboxylic acids is 1. The highest BCUT2D eigenvalue weighted by atomic mass is 32.2. The third-order valence-corrected chi connectivity index (χ3v) is 5.47. The number of carbonyl (C=O) groups is 1. The van der Waals surface area contributed by atoms with Crippen LogP contribution in [-0.2, 0) is 21.4 Å². The van der Waals surface area contributed by atoms with Gasteiger partial charge in [-0.2, -0.15) is 0 Å². The first-order chi connectivity index (χ1) is 12.9. The van der Waals surface area contributed by atoms with Gasteiger partial charge in [0.15, 0.2) is 0 Å². The average Bonchev–Trinajstić information content (AvgIpc) is 2.70. The predicted molar refractivity (Wildman–Crippen MR) is 102 cm³/mol. The molecule has 7 nitrogen and oxygen atoms in total. The van der Waals surface area contributed by atoms with Gasteiger partial charge in [-0.25, -0.2) is 13.1 Å². The van der Waals surface area contributed by atoms with Crippen molar-refractivity contribution in [3.05, 3.63) is 54.1 Å². The molecule has 2 rings (SSSR count). The number of methoxy groups -OCH3 is 2. The third-order valence-electron chi connectivity index (χ3n) is 4.02. The molecule has 0 radical (unpaired) electrons. The largest absolute Gasteiger partial charge is 0.497 e. The molecule has 0 aliphatic carbocycles. The maximum atomic E-state index is 12.6. The topological polar surface area (TPSA) is 84.9 Å². The van der Waals surface area contributed by atoms with E-state index >= 15 is 0 Å². The minimum atomic E-state index is -3.92. The molecule has 27 heavy (non-hydrogen) atoms. The summed E-state index contributed by atoms with van der Waals surface area (Å²) in [6, 6.07) is 13.9. The Labute approximate surface area is 160 Å². The lowest BCUT2D eigenvalue weighted by Gasteiger charge is -2.21. The summed E-state index contributed by atoms with van der Waals surface area (Å²) in [6.45, 7) is 2.41. The molecular formula is C19H24N2O5S. The van der Waals surface area contributed by atoms with Gasteiger partial charge in [0, 0.05) is 19.2 Å². The number of ether oxygens (including phenoxy) is 2. The number of hydrogen-bond acceptors (Lipinski definition) is 5. The SMILES string of the molecule is CCN(Cc1ccccc1)C(=O)CNS(=O)(=O)c1ccc(OC)cc1OC. The summed E-state index contributed by atoms with van der Waals surface area (Å²) in [5.41, 5.74) is 0.979. The van der Waals surface area contributed by atoms with E-state index in [9.17, 15) is 13.2 Å². The predicted octanol–water partition coefficient (Wildman–Crippen LogP) is 2.03. The van der Waals surface area contributed by atoms with Crippen LogP contribution in [0.1, 0.15) is 12.5 Å². The number of benzene rings is 2. The zero-order chi connectivity index (χ0) is 19.9. The van der Waals surface area contributed by atoms with Crippen molar-refractivity contribution in [2.75, 3.05) is 27.3 Å². The van der Waals surface area contributed by atoms with Gasteiger partial charge in [0.2, 0.25) is 15.9 Å². The fraction of sp³-hybridized carbons (Fsp3) is 0.316. The molecule has 0 aliphatic rings. The average molecular weight is 392 g/mol. The zero-order valence-electron chi connectivity index (χ0n) is 15.6. The van der Waals surface area contributed by atoms with Crippen molar-refractivity contribution < 1.29 is 22.7 Å². The summed E-state index contributed by atoms with van der Waals surface area (Å²) < 4.78 is 37.7. The van der Waals surface area contributed by atoms with E-state index in [4.69, 9.17) is 9.47 Å². The minimum Gasteiger partial charge on any atom is -0.497 e. The molecule has 0 aromatic heterocycles. The van der Waals surface area contributed by atoms with Gasteiger partial charge >= 0.3 is 0 Å². The van der Waals surface area contributed by atoms with Crippen molar-refractivity contribution in [1.29, 1.82) is 0 Å². The number of hydrogen-bond donors (Lipinski definition) is 1. The number of amides is 1. The molecule has 8 heteroatoms. The monoisotopic (exact) mass is 392 g/mol. The Bertz CT molecular complexity index is 869. The fourth-order valence-corrected chi connectivity index (χ4v) is 3.65. The molecule has 0 atom stereocenters. The molecule has 2 aromatic carbocycles. The molecule has 0 bridgehead atoms. The maximum absolute atomic E-state index is 12.6. The van der Waals surface area contributed by atoms with Crippen LogP contribution in [0.3, 0.4) is 0 Å². The summed E-state index contributed by atoms with van der Waals surface area (Å²) in [5, 5.41) is 0. The second kappa shape index (κ2) is 9.38. The molecular weight excluding hydrogens is 368 g/mol. The van der Waals surface area contributed by atoms with Gasteiger partial charge in [0.1, 0.15) is 16.4 Å². The Kier molecular flexibility index (Phi) is 7.20. The van der Waals surface area contributed by atoms with E-state index in [0.717, 1.165) is 5.56 Å². The van der Waals surface area contributed by atoms with Gasteiger partial charge in [0.25, 0.3) is 0 Å². The van der Waals surface area contributed by atoms with Crippen LogP contribution in [0.15, 0.2) is 53.4 Å². The van der Waals surface area contributed by atoms with Gasteiger partial charge in [-0.05, 0) is 24.6 Å². The molecule has 0 heterocycles. The van der Waals surface area contributed by atoms with Crippen LogP contribution >= 0.6 is 0 Å². The van der Waals surface area contributed by atoms with Crippen molar-refractivity contribution in [1.82, 2.24) is 9.62 Å². The lowest BCUT2D eigenvalue weighted by atomic mass is 10.2. The summed E-state index contributed by atoms with van der Waals surface area (Å²) >= 11 is 0. The fourth-order valence-electron chi connectivity index (χ4n) is 2.52.